The number of aryl methyl sites for hydroxylation is 2. The molecule has 4 nitrogen and oxygen atoms in total. The van der Waals surface area contributed by atoms with Crippen molar-refractivity contribution in [1.29, 1.82) is 0 Å². The van der Waals surface area contributed by atoms with Crippen LogP contribution in [0.3, 0.4) is 0 Å². The highest BCUT2D eigenvalue weighted by molar-refractivity contribution is 5.01. The second-order valence-electron chi connectivity index (χ2n) is 3.22. The number of nitrogens with two attached hydrogens (primary N) is 1. The van der Waals surface area contributed by atoms with E-state index in [4.69, 9.17) is 5.73 Å². The number of rotatable bonds is 1. The molecule has 4 heteroatoms. The Hall–Kier alpha value is -0.900. The fourth-order valence-electron chi connectivity index (χ4n) is 1.75. The highest BCUT2D eigenvalue weighted by Gasteiger charge is 2.20. The Labute approximate surface area is 71.8 Å². The Morgan fingerprint density at radius 3 is 3.17 bits per heavy atom. The number of hydrogen-bond acceptors (Lipinski definition) is 3. The zero-order valence-electron chi connectivity index (χ0n) is 7.32. The molecule has 1 aromatic heterocycles. The van der Waals surface area contributed by atoms with Crippen molar-refractivity contribution in [1.82, 2.24) is 14.8 Å². The van der Waals surface area contributed by atoms with Crippen LogP contribution in [-0.4, -0.2) is 14.8 Å². The molecule has 0 bridgehead atoms. The van der Waals surface area contributed by atoms with E-state index in [-0.39, 0.29) is 6.17 Å². The van der Waals surface area contributed by atoms with Crippen LogP contribution in [0.4, 0.5) is 0 Å². The lowest BCUT2D eigenvalue weighted by atomic mass is 10.1. The largest absolute Gasteiger partial charge is 0.311 e. The molecule has 12 heavy (non-hydrogen) atoms. The van der Waals surface area contributed by atoms with Crippen molar-refractivity contribution >= 4 is 0 Å². The van der Waals surface area contributed by atoms with Gasteiger partial charge in [0.15, 0.2) is 0 Å². The summed E-state index contributed by atoms with van der Waals surface area (Å²) in [7, 11) is 0. The maximum absolute atomic E-state index is 5.95. The van der Waals surface area contributed by atoms with Gasteiger partial charge < -0.3 is 5.73 Å². The van der Waals surface area contributed by atoms with Crippen LogP contribution in [0.2, 0.25) is 0 Å². The molecule has 1 unspecified atom stereocenters. The van der Waals surface area contributed by atoms with Crippen molar-refractivity contribution in [3.05, 3.63) is 11.6 Å². The monoisotopic (exact) mass is 166 g/mol. The minimum atomic E-state index is 0.110. The van der Waals surface area contributed by atoms with E-state index in [1.807, 2.05) is 0 Å². The van der Waals surface area contributed by atoms with E-state index >= 15 is 0 Å². The van der Waals surface area contributed by atoms with Gasteiger partial charge in [0, 0.05) is 12.8 Å². The van der Waals surface area contributed by atoms with Crippen molar-refractivity contribution in [2.45, 2.75) is 38.8 Å². The lowest BCUT2D eigenvalue weighted by Crippen LogP contribution is -2.26. The smallest absolute Gasteiger partial charge is 0.134 e. The van der Waals surface area contributed by atoms with E-state index in [0.717, 1.165) is 37.3 Å². The van der Waals surface area contributed by atoms with Crippen molar-refractivity contribution in [2.75, 3.05) is 0 Å². The summed E-state index contributed by atoms with van der Waals surface area (Å²) in [6.45, 7) is 2.08. The van der Waals surface area contributed by atoms with Gasteiger partial charge in [-0.1, -0.05) is 6.92 Å². The Balaban J connectivity index is 2.43. The first-order chi connectivity index (χ1) is 5.83. The fourth-order valence-corrected chi connectivity index (χ4v) is 1.75. The van der Waals surface area contributed by atoms with Gasteiger partial charge in [0.05, 0.1) is 6.17 Å². The summed E-state index contributed by atoms with van der Waals surface area (Å²) in [5, 5.41) is 8.21. The second kappa shape index (κ2) is 2.86. The molecule has 0 saturated carbocycles. The highest BCUT2D eigenvalue weighted by atomic mass is 15.3. The van der Waals surface area contributed by atoms with Crippen molar-refractivity contribution in [3.8, 4) is 0 Å². The van der Waals surface area contributed by atoms with E-state index in [9.17, 15) is 0 Å². The first-order valence-electron chi connectivity index (χ1n) is 4.51. The quantitative estimate of drug-likeness (QED) is 0.666. The predicted molar refractivity (Wildman–Crippen MR) is 45.6 cm³/mol. The standard InChI is InChI=1S/C8H14N4/c1-2-7-10-11-8-5-3-4-6(9)12(7)8/h6H,2-5,9H2,1H3. The molecule has 0 fully saturated rings. The third-order valence-electron chi connectivity index (χ3n) is 2.39. The van der Waals surface area contributed by atoms with Gasteiger partial charge in [-0.05, 0) is 12.8 Å². The molecule has 1 atom stereocenters. The minimum Gasteiger partial charge on any atom is -0.311 e. The number of fused-ring (bicyclic) bond motifs is 1. The zero-order chi connectivity index (χ0) is 8.55. The van der Waals surface area contributed by atoms with Crippen LogP contribution in [0.25, 0.3) is 0 Å². The molecule has 66 valence electrons. The van der Waals surface area contributed by atoms with Gasteiger partial charge in [0.25, 0.3) is 0 Å². The maximum atomic E-state index is 5.95. The Morgan fingerprint density at radius 2 is 2.42 bits per heavy atom. The van der Waals surface area contributed by atoms with E-state index in [1.165, 1.54) is 0 Å². The third-order valence-corrected chi connectivity index (χ3v) is 2.39. The fraction of sp³-hybridized carbons (Fsp3) is 0.750. The van der Waals surface area contributed by atoms with E-state index in [1.54, 1.807) is 0 Å². The molecule has 0 aromatic carbocycles. The average molecular weight is 166 g/mol. The van der Waals surface area contributed by atoms with Crippen LogP contribution in [0.5, 0.6) is 0 Å². The van der Waals surface area contributed by atoms with Crippen LogP contribution in [-0.2, 0) is 12.8 Å². The molecule has 1 aromatic rings. The van der Waals surface area contributed by atoms with Crippen LogP contribution in [0, 0.1) is 0 Å². The lowest BCUT2D eigenvalue weighted by molar-refractivity contribution is 0.398. The van der Waals surface area contributed by atoms with Crippen LogP contribution in [0.1, 0.15) is 37.6 Å². The first kappa shape index (κ1) is 7.73. The van der Waals surface area contributed by atoms with Crippen LogP contribution in [0.15, 0.2) is 0 Å². The summed E-state index contributed by atoms with van der Waals surface area (Å²) in [5.74, 6) is 2.09. The summed E-state index contributed by atoms with van der Waals surface area (Å²) >= 11 is 0. The summed E-state index contributed by atoms with van der Waals surface area (Å²) in [5.41, 5.74) is 5.95. The van der Waals surface area contributed by atoms with E-state index in [0.29, 0.717) is 0 Å². The summed E-state index contributed by atoms with van der Waals surface area (Å²) in [4.78, 5) is 0. The number of nitrogens with zero attached hydrogens (tertiary/aromatic N) is 3. The van der Waals surface area contributed by atoms with E-state index < -0.39 is 0 Å². The molecule has 0 radical (unpaired) electrons. The molecule has 2 N–H and O–H groups in total. The van der Waals surface area contributed by atoms with Crippen molar-refractivity contribution < 1.29 is 0 Å². The van der Waals surface area contributed by atoms with E-state index in [2.05, 4.69) is 21.7 Å². The summed E-state index contributed by atoms with van der Waals surface area (Å²) < 4.78 is 2.09. The molecule has 1 aliphatic heterocycles. The Morgan fingerprint density at radius 1 is 1.58 bits per heavy atom. The second-order valence-corrected chi connectivity index (χ2v) is 3.22. The maximum Gasteiger partial charge on any atom is 0.134 e. The molecule has 0 saturated heterocycles. The third kappa shape index (κ3) is 1.03. The van der Waals surface area contributed by atoms with Crippen molar-refractivity contribution in [3.63, 3.8) is 0 Å². The van der Waals surface area contributed by atoms with Crippen molar-refractivity contribution in [2.24, 2.45) is 5.73 Å². The van der Waals surface area contributed by atoms with Gasteiger partial charge in [-0.25, -0.2) is 0 Å². The topological polar surface area (TPSA) is 56.7 Å². The molecule has 0 amide bonds. The summed E-state index contributed by atoms with van der Waals surface area (Å²) in [6, 6.07) is 0. The minimum absolute atomic E-state index is 0.110. The predicted octanol–water partition coefficient (Wildman–Crippen LogP) is 0.634. The van der Waals surface area contributed by atoms with Crippen LogP contribution >= 0.6 is 0 Å². The highest BCUT2D eigenvalue weighted by Crippen LogP contribution is 2.20. The van der Waals surface area contributed by atoms with Crippen LogP contribution < -0.4 is 5.73 Å². The van der Waals surface area contributed by atoms with Gasteiger partial charge in [-0.2, -0.15) is 0 Å². The molecule has 2 heterocycles. The van der Waals surface area contributed by atoms with Gasteiger partial charge in [0.1, 0.15) is 11.6 Å². The van der Waals surface area contributed by atoms with Gasteiger partial charge in [0.2, 0.25) is 0 Å². The molecular weight excluding hydrogens is 152 g/mol. The van der Waals surface area contributed by atoms with Gasteiger partial charge in [-0.15, -0.1) is 10.2 Å². The normalized spacial score (nSPS) is 22.3. The molecule has 0 aliphatic carbocycles. The van der Waals surface area contributed by atoms with Gasteiger partial charge in [-0.3, -0.25) is 4.57 Å². The Bertz CT molecular complexity index is 265. The molecule has 2 rings (SSSR count). The molecule has 1 aliphatic rings. The first-order valence-corrected chi connectivity index (χ1v) is 4.51. The summed E-state index contributed by atoms with van der Waals surface area (Å²) in [6.07, 6.45) is 4.25. The number of aromatic nitrogens is 3. The molecule has 0 spiro atoms. The lowest BCUT2D eigenvalue weighted by Gasteiger charge is -2.21. The van der Waals surface area contributed by atoms with Gasteiger partial charge >= 0.3 is 0 Å². The average Bonchev–Trinajstić information content (AvgIpc) is 2.49. The number of hydrogen-bond donors (Lipinski definition) is 1. The Kier molecular flexibility index (Phi) is 1.84. The SMILES string of the molecule is CCc1nnc2n1C(N)CCC2. The molecular formula is C8H14N4. The zero-order valence-corrected chi connectivity index (χ0v) is 7.32.